The number of halogens is 1. The van der Waals surface area contributed by atoms with E-state index >= 15 is 0 Å². The zero-order chi connectivity index (χ0) is 22.8. The summed E-state index contributed by atoms with van der Waals surface area (Å²) in [6.45, 7) is 3.04. The lowest BCUT2D eigenvalue weighted by atomic mass is 9.94. The molecule has 33 heavy (non-hydrogen) atoms. The summed E-state index contributed by atoms with van der Waals surface area (Å²) in [5.41, 5.74) is 2.96. The third-order valence-corrected chi connectivity index (χ3v) is 6.26. The number of fused-ring (bicyclic) bond motifs is 3. The van der Waals surface area contributed by atoms with E-state index in [4.69, 9.17) is 9.15 Å². The van der Waals surface area contributed by atoms with Crippen molar-refractivity contribution in [1.29, 1.82) is 0 Å². The van der Waals surface area contributed by atoms with Crippen LogP contribution in [-0.2, 0) is 4.74 Å². The zero-order valence-electron chi connectivity index (χ0n) is 18.4. The molecule has 1 aliphatic heterocycles. The second-order valence-corrected chi connectivity index (χ2v) is 8.40. The van der Waals surface area contributed by atoms with Gasteiger partial charge >= 0.3 is 6.03 Å². The van der Waals surface area contributed by atoms with Crippen LogP contribution >= 0.6 is 0 Å². The maximum atomic E-state index is 13.9. The highest BCUT2D eigenvalue weighted by atomic mass is 19.1. The number of nitrogens with one attached hydrogen (secondary N) is 2. The highest BCUT2D eigenvalue weighted by Crippen LogP contribution is 2.34. The first-order valence-electron chi connectivity index (χ1n) is 11.1. The average molecular weight is 448 g/mol. The van der Waals surface area contributed by atoms with Gasteiger partial charge in [-0.25, -0.2) is 9.18 Å². The average Bonchev–Trinajstić information content (AvgIpc) is 3.39. The minimum absolute atomic E-state index is 0.0537. The van der Waals surface area contributed by atoms with Gasteiger partial charge in [-0.05, 0) is 35.9 Å². The van der Waals surface area contributed by atoms with E-state index in [1.807, 2.05) is 30.3 Å². The fourth-order valence-corrected chi connectivity index (χ4v) is 4.70. The van der Waals surface area contributed by atoms with E-state index in [1.165, 1.54) is 17.7 Å². The van der Waals surface area contributed by atoms with Crippen molar-refractivity contribution in [2.75, 3.05) is 38.7 Å². The van der Waals surface area contributed by atoms with Gasteiger partial charge in [-0.3, -0.25) is 4.90 Å². The number of anilines is 1. The summed E-state index contributed by atoms with van der Waals surface area (Å²) in [6, 6.07) is 19.7. The van der Waals surface area contributed by atoms with E-state index in [0.717, 1.165) is 19.6 Å². The third-order valence-electron chi connectivity index (χ3n) is 6.26. The fraction of sp³-hybridized carbons (Fsp3) is 0.269. The minimum atomic E-state index is -0.350. The molecule has 0 radical (unpaired) electrons. The zero-order valence-corrected chi connectivity index (χ0v) is 18.4. The molecule has 1 fully saturated rings. The van der Waals surface area contributed by atoms with Gasteiger partial charge in [-0.2, -0.15) is 0 Å². The van der Waals surface area contributed by atoms with Crippen LogP contribution in [-0.4, -0.2) is 50.3 Å². The van der Waals surface area contributed by atoms with Crippen LogP contribution in [0.2, 0.25) is 0 Å². The van der Waals surface area contributed by atoms with Crippen molar-refractivity contribution in [2.45, 2.75) is 12.0 Å². The Labute approximate surface area is 191 Å². The molecule has 170 valence electrons. The number of benzene rings is 3. The van der Waals surface area contributed by atoms with E-state index in [9.17, 15) is 9.18 Å². The van der Waals surface area contributed by atoms with E-state index in [2.05, 4.69) is 27.7 Å². The molecule has 2 amide bonds. The van der Waals surface area contributed by atoms with Gasteiger partial charge in [0.2, 0.25) is 0 Å². The van der Waals surface area contributed by atoms with Crippen molar-refractivity contribution in [3.8, 4) is 0 Å². The summed E-state index contributed by atoms with van der Waals surface area (Å²) in [7, 11) is 1.69. The second-order valence-electron chi connectivity index (χ2n) is 8.40. The Kier molecular flexibility index (Phi) is 5.98. The first kappa shape index (κ1) is 21.4. The van der Waals surface area contributed by atoms with Gasteiger partial charge in [-0.1, -0.05) is 36.4 Å². The highest BCUT2D eigenvalue weighted by Gasteiger charge is 2.34. The second kappa shape index (κ2) is 9.21. The molecule has 2 N–H and O–H groups in total. The molecule has 5 rings (SSSR count). The summed E-state index contributed by atoms with van der Waals surface area (Å²) >= 11 is 0. The number of hydrogen-bond acceptors (Lipinski definition) is 4. The summed E-state index contributed by atoms with van der Waals surface area (Å²) in [5, 5.41) is 7.45. The molecule has 1 aliphatic rings. The molecular formula is C26H26FN3O3. The highest BCUT2D eigenvalue weighted by molar-refractivity contribution is 6.13. The van der Waals surface area contributed by atoms with Crippen LogP contribution in [0.25, 0.3) is 21.9 Å². The number of carbonyl (C=O) groups is 1. The Morgan fingerprint density at radius 1 is 1.09 bits per heavy atom. The predicted molar refractivity (Wildman–Crippen MR) is 127 cm³/mol. The van der Waals surface area contributed by atoms with Crippen LogP contribution in [0.3, 0.4) is 0 Å². The number of hydrogen-bond donors (Lipinski definition) is 2. The van der Waals surface area contributed by atoms with E-state index in [0.29, 0.717) is 34.2 Å². The fourth-order valence-electron chi connectivity index (χ4n) is 4.70. The molecule has 0 unspecified atom stereocenters. The van der Waals surface area contributed by atoms with Crippen molar-refractivity contribution in [2.24, 2.45) is 0 Å². The summed E-state index contributed by atoms with van der Waals surface area (Å²) in [5.74, 6) is -0.175. The quantitative estimate of drug-likeness (QED) is 0.438. The standard InChI is InChI=1S/C26H26FN3O3/c1-32-13-12-30-15-20(17-6-3-2-4-7-17)22(16-30)29-26(31)28-21-8-5-9-24-25(21)19-14-18(27)10-11-23(19)33-24/h2-11,14,20,22H,12-13,15-16H2,1H3,(H2,28,29,31)/t20-,22+/m0/s1. The maximum Gasteiger partial charge on any atom is 0.319 e. The van der Waals surface area contributed by atoms with Gasteiger partial charge in [0.05, 0.1) is 23.7 Å². The van der Waals surface area contributed by atoms with Gasteiger partial charge in [0.1, 0.15) is 17.0 Å². The van der Waals surface area contributed by atoms with Gasteiger partial charge in [-0.15, -0.1) is 0 Å². The largest absolute Gasteiger partial charge is 0.456 e. The van der Waals surface area contributed by atoms with Crippen LogP contribution in [0.5, 0.6) is 0 Å². The molecule has 6 nitrogen and oxygen atoms in total. The van der Waals surface area contributed by atoms with Crippen LogP contribution in [0, 0.1) is 5.82 Å². The Balaban J connectivity index is 1.38. The van der Waals surface area contributed by atoms with Crippen LogP contribution < -0.4 is 10.6 Å². The topological polar surface area (TPSA) is 66.7 Å². The first-order chi connectivity index (χ1) is 16.1. The predicted octanol–water partition coefficient (Wildman–Crippen LogP) is 4.96. The van der Waals surface area contributed by atoms with E-state index in [-0.39, 0.29) is 23.8 Å². The molecule has 1 aromatic heterocycles. The molecule has 2 heterocycles. The Hall–Kier alpha value is -3.42. The molecule has 0 spiro atoms. The summed E-state index contributed by atoms with van der Waals surface area (Å²) < 4.78 is 25.0. The molecule has 2 atom stereocenters. The van der Waals surface area contributed by atoms with Crippen molar-refractivity contribution in [3.05, 3.63) is 78.1 Å². The van der Waals surface area contributed by atoms with Crippen molar-refractivity contribution in [1.82, 2.24) is 10.2 Å². The van der Waals surface area contributed by atoms with Crippen LogP contribution in [0.1, 0.15) is 11.5 Å². The molecule has 3 aromatic carbocycles. The van der Waals surface area contributed by atoms with Crippen molar-refractivity contribution >= 4 is 33.7 Å². The normalized spacial score (nSPS) is 18.7. The number of amides is 2. The van der Waals surface area contributed by atoms with Crippen LogP contribution in [0.4, 0.5) is 14.9 Å². The number of methoxy groups -OCH3 is 1. The molecule has 0 saturated carbocycles. The smallest absolute Gasteiger partial charge is 0.319 e. The van der Waals surface area contributed by atoms with Crippen molar-refractivity contribution < 1.29 is 18.3 Å². The Bertz CT molecular complexity index is 1270. The molecule has 0 aliphatic carbocycles. The van der Waals surface area contributed by atoms with Crippen molar-refractivity contribution in [3.63, 3.8) is 0 Å². The lowest BCUT2D eigenvalue weighted by Gasteiger charge is -2.20. The molecule has 4 aromatic rings. The number of urea groups is 1. The monoisotopic (exact) mass is 447 g/mol. The number of likely N-dealkylation sites (tertiary alicyclic amines) is 1. The van der Waals surface area contributed by atoms with E-state index < -0.39 is 0 Å². The lowest BCUT2D eigenvalue weighted by molar-refractivity contribution is 0.159. The summed E-state index contributed by atoms with van der Waals surface area (Å²) in [6.07, 6.45) is 0. The first-order valence-corrected chi connectivity index (χ1v) is 11.1. The third kappa shape index (κ3) is 4.42. The molecule has 7 heteroatoms. The molecular weight excluding hydrogens is 421 g/mol. The van der Waals surface area contributed by atoms with Gasteiger partial charge in [0.25, 0.3) is 0 Å². The Morgan fingerprint density at radius 2 is 1.94 bits per heavy atom. The van der Waals surface area contributed by atoms with Crippen LogP contribution in [0.15, 0.2) is 71.1 Å². The summed E-state index contributed by atoms with van der Waals surface area (Å²) in [4.78, 5) is 15.4. The molecule has 1 saturated heterocycles. The van der Waals surface area contributed by atoms with Gasteiger partial charge in [0.15, 0.2) is 0 Å². The minimum Gasteiger partial charge on any atom is -0.456 e. The van der Waals surface area contributed by atoms with Gasteiger partial charge in [0, 0.05) is 38.0 Å². The molecule has 0 bridgehead atoms. The number of furan rings is 1. The number of rotatable bonds is 6. The number of ether oxygens (including phenoxy) is 1. The van der Waals surface area contributed by atoms with E-state index in [1.54, 1.807) is 19.2 Å². The maximum absolute atomic E-state index is 13.9. The number of nitrogens with zero attached hydrogens (tertiary/aromatic N) is 1. The lowest BCUT2D eigenvalue weighted by Crippen LogP contribution is -2.42. The number of carbonyl (C=O) groups excluding carboxylic acids is 1. The van der Waals surface area contributed by atoms with Gasteiger partial charge < -0.3 is 19.8 Å². The Morgan fingerprint density at radius 3 is 2.76 bits per heavy atom. The SMILES string of the molecule is COCCN1C[C@@H](NC(=O)Nc2cccc3oc4ccc(F)cc4c23)[C@H](c2ccccc2)C1.